The zero-order valence-electron chi connectivity index (χ0n) is 25.3. The normalized spacial score (nSPS) is 24.9. The average molecular weight is 649 g/mol. The molecular weight excluding hydrogens is 605 g/mol. The van der Waals surface area contributed by atoms with Crippen molar-refractivity contribution in [2.75, 3.05) is 23.7 Å². The number of nitrogens with zero attached hydrogens (tertiary/aromatic N) is 2. The van der Waals surface area contributed by atoms with Crippen LogP contribution in [0.3, 0.4) is 0 Å². The highest BCUT2D eigenvalue weighted by Gasteiger charge is 2.51. The Morgan fingerprint density at radius 1 is 0.977 bits per heavy atom. The van der Waals surface area contributed by atoms with Gasteiger partial charge < -0.3 is 10.2 Å². The molecule has 1 N–H and O–H groups in total. The number of benzene rings is 2. The predicted octanol–water partition coefficient (Wildman–Crippen LogP) is 6.56. The number of halogens is 2. The Morgan fingerprint density at radius 3 is 2.12 bits per heavy atom. The van der Waals surface area contributed by atoms with Crippen molar-refractivity contribution in [3.05, 3.63) is 63.6 Å². The molecule has 0 radical (unpaired) electrons. The summed E-state index contributed by atoms with van der Waals surface area (Å²) in [5, 5.41) is 3.61. The van der Waals surface area contributed by atoms with E-state index in [1.807, 2.05) is 19.1 Å². The van der Waals surface area contributed by atoms with E-state index in [1.165, 1.54) is 49.0 Å². The molecule has 43 heavy (non-hydrogen) atoms. The summed E-state index contributed by atoms with van der Waals surface area (Å²) in [6, 6.07) is 12.0. The smallest absolute Gasteiger partial charge is 0.244 e. The first-order valence-corrected chi connectivity index (χ1v) is 18.1. The quantitative estimate of drug-likeness (QED) is 0.264. The number of hydrogen-bond acceptors (Lipinski definition) is 4. The van der Waals surface area contributed by atoms with E-state index in [0.29, 0.717) is 27.8 Å². The third kappa shape index (κ3) is 7.18. The molecule has 4 aliphatic rings. The SMILES string of the molecule is CCCCNC(=O)C(C)N(Cc1ccc(Cl)c(Cl)c1)C(=O)CN(c1ccc(C23CC4CC(CC(C4)C2)C3)cc1)S(C)(=O)=O. The van der Waals surface area contributed by atoms with Gasteiger partial charge in [-0.3, -0.25) is 13.9 Å². The number of unbranched alkanes of at least 4 members (excludes halogenated alkanes) is 1. The number of sulfonamides is 1. The topological polar surface area (TPSA) is 86.8 Å². The van der Waals surface area contributed by atoms with Crippen LogP contribution >= 0.6 is 23.2 Å². The monoisotopic (exact) mass is 647 g/mol. The molecule has 0 heterocycles. The van der Waals surface area contributed by atoms with Gasteiger partial charge in [0.1, 0.15) is 12.6 Å². The highest BCUT2D eigenvalue weighted by Crippen LogP contribution is 2.60. The summed E-state index contributed by atoms with van der Waals surface area (Å²) >= 11 is 12.3. The molecule has 2 aromatic carbocycles. The average Bonchev–Trinajstić information content (AvgIpc) is 2.95. The molecule has 0 aromatic heterocycles. The molecule has 10 heteroatoms. The molecular formula is C33H43Cl2N3O4S. The van der Waals surface area contributed by atoms with Crippen LogP contribution < -0.4 is 9.62 Å². The third-order valence-corrected chi connectivity index (χ3v) is 11.7. The largest absolute Gasteiger partial charge is 0.354 e. The Kier molecular flexibility index (Phi) is 9.69. The minimum Gasteiger partial charge on any atom is -0.354 e. The van der Waals surface area contributed by atoms with Crippen molar-refractivity contribution in [1.82, 2.24) is 10.2 Å². The van der Waals surface area contributed by atoms with Gasteiger partial charge in [-0.2, -0.15) is 0 Å². The van der Waals surface area contributed by atoms with E-state index in [1.54, 1.807) is 25.1 Å². The zero-order valence-corrected chi connectivity index (χ0v) is 27.6. The van der Waals surface area contributed by atoms with Crippen LogP contribution in [0, 0.1) is 17.8 Å². The minimum atomic E-state index is -3.81. The molecule has 4 aliphatic carbocycles. The molecule has 234 valence electrons. The lowest BCUT2D eigenvalue weighted by Crippen LogP contribution is -2.51. The van der Waals surface area contributed by atoms with E-state index in [-0.39, 0.29) is 17.9 Å². The van der Waals surface area contributed by atoms with E-state index < -0.39 is 28.5 Å². The molecule has 0 aliphatic heterocycles. The standard InChI is InChI=1S/C33H43Cl2N3O4S/c1-4-5-12-36-32(40)22(2)37(20-23-6-11-29(34)30(35)16-23)31(39)21-38(43(3,41)42)28-9-7-27(8-10-28)33-17-24-13-25(18-33)15-26(14-24)19-33/h6-11,16,22,24-26H,4-5,12-15,17-21H2,1-3H3,(H,36,40). The molecule has 4 bridgehead atoms. The maximum atomic E-state index is 13.9. The fourth-order valence-corrected chi connectivity index (χ4v) is 9.18. The summed E-state index contributed by atoms with van der Waals surface area (Å²) in [5.74, 6) is 1.63. The highest BCUT2D eigenvalue weighted by atomic mass is 35.5. The van der Waals surface area contributed by atoms with Gasteiger partial charge in [0.25, 0.3) is 0 Å². The Labute approximate surface area is 266 Å². The molecule has 1 atom stereocenters. The van der Waals surface area contributed by atoms with Gasteiger partial charge >= 0.3 is 0 Å². The Morgan fingerprint density at radius 2 is 1.58 bits per heavy atom. The van der Waals surface area contributed by atoms with Crippen molar-refractivity contribution < 1.29 is 18.0 Å². The Hall–Kier alpha value is -2.29. The van der Waals surface area contributed by atoms with Crippen LogP contribution in [0.5, 0.6) is 0 Å². The summed E-state index contributed by atoms with van der Waals surface area (Å²) in [4.78, 5) is 28.3. The van der Waals surface area contributed by atoms with Crippen molar-refractivity contribution in [3.63, 3.8) is 0 Å². The maximum Gasteiger partial charge on any atom is 0.244 e. The molecule has 4 saturated carbocycles. The van der Waals surface area contributed by atoms with Gasteiger partial charge in [-0.25, -0.2) is 8.42 Å². The first kappa shape index (κ1) is 32.1. The molecule has 6 rings (SSSR count). The van der Waals surface area contributed by atoms with Gasteiger partial charge in [0, 0.05) is 13.1 Å². The summed E-state index contributed by atoms with van der Waals surface area (Å²) in [5.41, 5.74) is 2.60. The van der Waals surface area contributed by atoms with Crippen molar-refractivity contribution >= 4 is 50.7 Å². The number of carbonyl (C=O) groups is 2. The van der Waals surface area contributed by atoms with Crippen LogP contribution in [0.1, 0.15) is 76.3 Å². The Bertz CT molecular complexity index is 1410. The van der Waals surface area contributed by atoms with Crippen LogP contribution in [-0.2, 0) is 31.6 Å². The number of amides is 2. The third-order valence-electron chi connectivity index (χ3n) is 9.82. The number of hydrogen-bond donors (Lipinski definition) is 1. The fourth-order valence-electron chi connectivity index (χ4n) is 8.01. The second-order valence-corrected chi connectivity index (χ2v) is 15.8. The molecule has 4 fully saturated rings. The van der Waals surface area contributed by atoms with Crippen molar-refractivity contribution in [1.29, 1.82) is 0 Å². The molecule has 1 unspecified atom stereocenters. The van der Waals surface area contributed by atoms with Crippen LogP contribution in [0.2, 0.25) is 10.0 Å². The van der Waals surface area contributed by atoms with Crippen LogP contribution in [-0.4, -0.2) is 50.5 Å². The van der Waals surface area contributed by atoms with E-state index in [2.05, 4.69) is 17.4 Å². The van der Waals surface area contributed by atoms with E-state index in [4.69, 9.17) is 23.2 Å². The van der Waals surface area contributed by atoms with E-state index >= 15 is 0 Å². The van der Waals surface area contributed by atoms with Crippen molar-refractivity contribution in [2.45, 2.75) is 83.2 Å². The molecule has 2 aromatic rings. The van der Waals surface area contributed by atoms with Gasteiger partial charge in [0.15, 0.2) is 0 Å². The second kappa shape index (κ2) is 13.0. The maximum absolute atomic E-state index is 13.9. The predicted molar refractivity (Wildman–Crippen MR) is 173 cm³/mol. The summed E-state index contributed by atoms with van der Waals surface area (Å²) in [6.07, 6.45) is 10.6. The van der Waals surface area contributed by atoms with Crippen molar-refractivity contribution in [3.8, 4) is 0 Å². The first-order chi connectivity index (χ1) is 20.4. The number of anilines is 1. The minimum absolute atomic E-state index is 0.0701. The number of rotatable bonds is 12. The Balaban J connectivity index is 1.38. The summed E-state index contributed by atoms with van der Waals surface area (Å²) in [7, 11) is -3.81. The lowest BCUT2D eigenvalue weighted by molar-refractivity contribution is -0.139. The van der Waals surface area contributed by atoms with Crippen LogP contribution in [0.25, 0.3) is 0 Å². The highest BCUT2D eigenvalue weighted by molar-refractivity contribution is 7.92. The summed E-state index contributed by atoms with van der Waals surface area (Å²) < 4.78 is 27.3. The second-order valence-electron chi connectivity index (χ2n) is 13.1. The zero-order chi connectivity index (χ0) is 30.9. The van der Waals surface area contributed by atoms with Crippen molar-refractivity contribution in [2.24, 2.45) is 17.8 Å². The number of carbonyl (C=O) groups excluding carboxylic acids is 2. The molecule has 2 amide bonds. The molecule has 7 nitrogen and oxygen atoms in total. The lowest BCUT2D eigenvalue weighted by atomic mass is 9.48. The van der Waals surface area contributed by atoms with E-state index in [0.717, 1.165) is 41.2 Å². The van der Waals surface area contributed by atoms with Gasteiger partial charge in [-0.1, -0.05) is 54.7 Å². The number of nitrogens with one attached hydrogen (secondary N) is 1. The fraction of sp³-hybridized carbons (Fsp3) is 0.576. The molecule has 0 saturated heterocycles. The molecule has 0 spiro atoms. The van der Waals surface area contributed by atoms with E-state index in [9.17, 15) is 18.0 Å². The van der Waals surface area contributed by atoms with Gasteiger partial charge in [0.05, 0.1) is 22.0 Å². The van der Waals surface area contributed by atoms with Crippen LogP contribution in [0.4, 0.5) is 5.69 Å². The van der Waals surface area contributed by atoms with Gasteiger partial charge in [-0.15, -0.1) is 0 Å². The van der Waals surface area contributed by atoms with Crippen LogP contribution in [0.15, 0.2) is 42.5 Å². The van der Waals surface area contributed by atoms with Gasteiger partial charge in [-0.05, 0) is 110 Å². The first-order valence-electron chi connectivity index (χ1n) is 15.5. The summed E-state index contributed by atoms with van der Waals surface area (Å²) in [6.45, 7) is 3.83. The lowest BCUT2D eigenvalue weighted by Gasteiger charge is -2.57. The van der Waals surface area contributed by atoms with Gasteiger partial charge in [0.2, 0.25) is 21.8 Å².